The van der Waals surface area contributed by atoms with Crippen LogP contribution < -0.4 is 10.3 Å². The molecule has 1 heterocycles. The van der Waals surface area contributed by atoms with Crippen molar-refractivity contribution in [2.75, 3.05) is 4.72 Å². The van der Waals surface area contributed by atoms with Crippen molar-refractivity contribution in [3.8, 4) is 0 Å². The quantitative estimate of drug-likeness (QED) is 0.642. The maximum absolute atomic E-state index is 11.8. The third-order valence-corrected chi connectivity index (χ3v) is 3.72. The minimum atomic E-state index is -2.08. The van der Waals surface area contributed by atoms with Crippen molar-refractivity contribution in [1.82, 2.24) is 10.2 Å². The lowest BCUT2D eigenvalue weighted by atomic mass is 10.0. The maximum atomic E-state index is 11.8. The third-order valence-electron chi connectivity index (χ3n) is 3.31. The average molecular weight is 315 g/mol. The van der Waals surface area contributed by atoms with Gasteiger partial charge in [0.05, 0.1) is 11.1 Å². The molecular weight excluding hydrogens is 302 g/mol. The van der Waals surface area contributed by atoms with E-state index in [1.54, 1.807) is 18.2 Å². The highest BCUT2D eigenvalue weighted by molar-refractivity contribution is 7.80. The first kappa shape index (κ1) is 14.4. The number of aromatic amines is 1. The van der Waals surface area contributed by atoms with E-state index in [4.69, 9.17) is 4.55 Å². The zero-order chi connectivity index (χ0) is 15.5. The Morgan fingerprint density at radius 2 is 1.77 bits per heavy atom. The van der Waals surface area contributed by atoms with E-state index in [0.717, 1.165) is 16.6 Å². The van der Waals surface area contributed by atoms with E-state index in [1.165, 1.54) is 0 Å². The third kappa shape index (κ3) is 3.05. The van der Waals surface area contributed by atoms with Gasteiger partial charge in [-0.15, -0.1) is 0 Å². The first-order valence-corrected chi connectivity index (χ1v) is 7.67. The highest BCUT2D eigenvalue weighted by Gasteiger charge is 2.07. The Morgan fingerprint density at radius 3 is 2.45 bits per heavy atom. The van der Waals surface area contributed by atoms with Crippen LogP contribution in [0.1, 0.15) is 11.3 Å². The minimum absolute atomic E-state index is 0.204. The average Bonchev–Trinajstić information content (AvgIpc) is 2.52. The van der Waals surface area contributed by atoms with Gasteiger partial charge in [-0.2, -0.15) is 5.10 Å². The molecule has 2 aromatic carbocycles. The Hall–Kier alpha value is -2.51. The molecule has 3 aromatic rings. The molecule has 0 aliphatic heterocycles. The van der Waals surface area contributed by atoms with Crippen molar-refractivity contribution < 1.29 is 8.76 Å². The van der Waals surface area contributed by atoms with Gasteiger partial charge in [-0.3, -0.25) is 14.1 Å². The second kappa shape index (κ2) is 6.08. The van der Waals surface area contributed by atoms with E-state index in [2.05, 4.69) is 14.9 Å². The lowest BCUT2D eigenvalue weighted by molar-refractivity contribution is 0.570. The summed E-state index contributed by atoms with van der Waals surface area (Å²) in [7, 11) is 0. The molecule has 0 fully saturated rings. The van der Waals surface area contributed by atoms with Crippen molar-refractivity contribution in [2.45, 2.75) is 6.42 Å². The number of benzene rings is 2. The van der Waals surface area contributed by atoms with Crippen LogP contribution in [0, 0.1) is 0 Å². The molecule has 112 valence electrons. The van der Waals surface area contributed by atoms with Gasteiger partial charge in [-0.1, -0.05) is 30.3 Å². The van der Waals surface area contributed by atoms with Gasteiger partial charge in [0.15, 0.2) is 0 Å². The Kier molecular flexibility index (Phi) is 3.99. The number of nitrogens with zero attached hydrogens (tertiary/aromatic N) is 1. The van der Waals surface area contributed by atoms with Crippen molar-refractivity contribution in [1.29, 1.82) is 0 Å². The molecule has 0 spiro atoms. The lowest BCUT2D eigenvalue weighted by Crippen LogP contribution is -2.11. The van der Waals surface area contributed by atoms with Crippen molar-refractivity contribution in [3.05, 3.63) is 70.1 Å². The van der Waals surface area contributed by atoms with Gasteiger partial charge in [0.25, 0.3) is 16.8 Å². The number of rotatable bonds is 4. The van der Waals surface area contributed by atoms with E-state index in [1.807, 2.05) is 30.3 Å². The number of nitrogens with one attached hydrogen (secondary N) is 2. The van der Waals surface area contributed by atoms with Crippen LogP contribution in [0.15, 0.2) is 53.3 Å². The summed E-state index contributed by atoms with van der Waals surface area (Å²) in [6, 6.07) is 14.5. The van der Waals surface area contributed by atoms with Gasteiger partial charge in [0.2, 0.25) is 0 Å². The van der Waals surface area contributed by atoms with Crippen molar-refractivity contribution >= 4 is 27.7 Å². The molecule has 22 heavy (non-hydrogen) atoms. The van der Waals surface area contributed by atoms with Crippen LogP contribution in [-0.2, 0) is 17.7 Å². The first-order chi connectivity index (χ1) is 10.6. The zero-order valence-corrected chi connectivity index (χ0v) is 12.3. The molecule has 0 aliphatic rings. The van der Waals surface area contributed by atoms with E-state index < -0.39 is 11.3 Å². The number of hydrogen-bond acceptors (Lipinski definition) is 3. The fourth-order valence-electron chi connectivity index (χ4n) is 2.29. The normalized spacial score (nSPS) is 12.2. The summed E-state index contributed by atoms with van der Waals surface area (Å²) in [5.41, 5.74) is 2.12. The molecule has 0 amide bonds. The Morgan fingerprint density at radius 1 is 1.09 bits per heavy atom. The summed E-state index contributed by atoms with van der Waals surface area (Å²) in [5, 5.41) is 8.08. The number of fused-ring (bicyclic) bond motifs is 1. The number of anilines is 1. The first-order valence-electron chi connectivity index (χ1n) is 6.56. The molecule has 0 saturated carbocycles. The zero-order valence-electron chi connectivity index (χ0n) is 11.4. The largest absolute Gasteiger partial charge is 0.289 e. The topological polar surface area (TPSA) is 95.1 Å². The fourth-order valence-corrected chi connectivity index (χ4v) is 2.63. The molecule has 1 atom stereocenters. The smallest absolute Gasteiger partial charge is 0.272 e. The number of aromatic nitrogens is 2. The standard InChI is InChI=1S/C15H13N3O3S/c19-15-13-4-2-1-3-12(13)14(16-17-15)9-10-5-7-11(8-6-10)18-22(20)21/h1-8,18H,9H2,(H,17,19)(H,20,21). The summed E-state index contributed by atoms with van der Waals surface area (Å²) in [4.78, 5) is 11.8. The second-order valence-electron chi connectivity index (χ2n) is 4.77. The molecular formula is C15H13N3O3S. The molecule has 0 bridgehead atoms. The van der Waals surface area contributed by atoms with Gasteiger partial charge in [0.1, 0.15) is 0 Å². The van der Waals surface area contributed by atoms with Crippen LogP contribution in [0.5, 0.6) is 0 Å². The molecule has 1 unspecified atom stereocenters. The summed E-state index contributed by atoms with van der Waals surface area (Å²) < 4.78 is 21.8. The van der Waals surface area contributed by atoms with E-state index >= 15 is 0 Å². The monoisotopic (exact) mass is 315 g/mol. The second-order valence-corrected chi connectivity index (χ2v) is 5.47. The molecule has 0 saturated heterocycles. The minimum Gasteiger partial charge on any atom is -0.289 e. The Labute approximate surface area is 128 Å². The molecule has 6 nitrogen and oxygen atoms in total. The van der Waals surface area contributed by atoms with Gasteiger partial charge in [-0.25, -0.2) is 9.31 Å². The highest BCUT2D eigenvalue weighted by Crippen LogP contribution is 2.17. The van der Waals surface area contributed by atoms with Gasteiger partial charge in [-0.05, 0) is 23.8 Å². The fraction of sp³-hybridized carbons (Fsp3) is 0.0667. The van der Waals surface area contributed by atoms with E-state index in [-0.39, 0.29) is 5.56 Å². The molecule has 0 aliphatic carbocycles. The van der Waals surface area contributed by atoms with Crippen molar-refractivity contribution in [2.24, 2.45) is 0 Å². The van der Waals surface area contributed by atoms with Crippen molar-refractivity contribution in [3.63, 3.8) is 0 Å². The summed E-state index contributed by atoms with van der Waals surface area (Å²) >= 11 is -2.08. The van der Waals surface area contributed by atoms with Crippen LogP contribution in [0.25, 0.3) is 10.8 Å². The van der Waals surface area contributed by atoms with Gasteiger partial charge < -0.3 is 0 Å². The predicted molar refractivity (Wildman–Crippen MR) is 86.0 cm³/mol. The van der Waals surface area contributed by atoms with Crippen LogP contribution in [0.4, 0.5) is 5.69 Å². The predicted octanol–water partition coefficient (Wildman–Crippen LogP) is 2.06. The van der Waals surface area contributed by atoms with Crippen LogP contribution >= 0.6 is 0 Å². The van der Waals surface area contributed by atoms with E-state index in [9.17, 15) is 9.00 Å². The maximum Gasteiger partial charge on any atom is 0.272 e. The summed E-state index contributed by atoms with van der Waals surface area (Å²) in [6.45, 7) is 0. The molecule has 0 radical (unpaired) electrons. The van der Waals surface area contributed by atoms with Gasteiger partial charge >= 0.3 is 0 Å². The molecule has 7 heteroatoms. The Balaban J connectivity index is 1.92. The molecule has 1 aromatic heterocycles. The van der Waals surface area contributed by atoms with Crippen LogP contribution in [0.3, 0.4) is 0 Å². The molecule has 3 N–H and O–H groups in total. The Bertz CT molecular complexity index is 890. The SMILES string of the molecule is O=c1[nH]nc(Cc2ccc(NS(=O)O)cc2)c2ccccc12. The highest BCUT2D eigenvalue weighted by atomic mass is 32.2. The number of H-pyrrole nitrogens is 1. The summed E-state index contributed by atoms with van der Waals surface area (Å²) in [5.74, 6) is 0. The van der Waals surface area contributed by atoms with Crippen LogP contribution in [-0.4, -0.2) is 19.0 Å². The number of hydrogen-bond donors (Lipinski definition) is 3. The summed E-state index contributed by atoms with van der Waals surface area (Å²) in [6.07, 6.45) is 0.555. The lowest BCUT2D eigenvalue weighted by Gasteiger charge is -2.06. The van der Waals surface area contributed by atoms with Crippen LogP contribution in [0.2, 0.25) is 0 Å². The van der Waals surface area contributed by atoms with E-state index in [0.29, 0.717) is 17.5 Å². The van der Waals surface area contributed by atoms with Gasteiger partial charge in [0, 0.05) is 17.5 Å². The molecule has 3 rings (SSSR count).